The van der Waals surface area contributed by atoms with Crippen LogP contribution >= 0.6 is 0 Å². The second-order valence-corrected chi connectivity index (χ2v) is 5.22. The van der Waals surface area contributed by atoms with Gasteiger partial charge in [-0.05, 0) is 48.9 Å². The lowest BCUT2D eigenvalue weighted by Gasteiger charge is -2.18. The summed E-state index contributed by atoms with van der Waals surface area (Å²) in [5.41, 5.74) is 6.90. The van der Waals surface area contributed by atoms with Crippen molar-refractivity contribution in [2.45, 2.75) is 19.1 Å². The van der Waals surface area contributed by atoms with Crippen LogP contribution in [0.5, 0.6) is 0 Å². The van der Waals surface area contributed by atoms with Crippen LogP contribution in [0.2, 0.25) is 0 Å². The number of amides is 1. The summed E-state index contributed by atoms with van der Waals surface area (Å²) in [6, 6.07) is 9.29. The Labute approximate surface area is 136 Å². The summed E-state index contributed by atoms with van der Waals surface area (Å²) in [6.07, 6.45) is -5.59. The average Bonchev–Trinajstić information content (AvgIpc) is 2.48. The maximum atomic E-state index is 12.5. The molecule has 128 valence electrons. The van der Waals surface area contributed by atoms with Crippen LogP contribution in [0.1, 0.15) is 24.1 Å². The highest BCUT2D eigenvalue weighted by Crippen LogP contribution is 2.31. The van der Waals surface area contributed by atoms with Gasteiger partial charge in [-0.15, -0.1) is 0 Å². The molecule has 5 N–H and O–H groups in total. The van der Waals surface area contributed by atoms with Gasteiger partial charge in [0.15, 0.2) is 0 Å². The van der Waals surface area contributed by atoms with Crippen molar-refractivity contribution >= 4 is 23.2 Å². The van der Waals surface area contributed by atoms with E-state index in [1.807, 2.05) is 6.92 Å². The van der Waals surface area contributed by atoms with Gasteiger partial charge in [0.1, 0.15) is 0 Å². The Balaban J connectivity index is 2.10. The molecule has 2 rings (SSSR count). The molecule has 1 atom stereocenters. The molecule has 5 nitrogen and oxygen atoms in total. The molecule has 0 aromatic heterocycles. The summed E-state index contributed by atoms with van der Waals surface area (Å²) in [5.74, 6) is 0. The molecule has 0 saturated heterocycles. The normalized spacial score (nSPS) is 12.5. The predicted octanol–water partition coefficient (Wildman–Crippen LogP) is 4.55. The number of nitrogen functional groups attached to an aromatic ring is 1. The Morgan fingerprint density at radius 2 is 1.79 bits per heavy atom. The first-order valence-corrected chi connectivity index (χ1v) is 7.00. The molecule has 1 amide bonds. The molecule has 0 heterocycles. The van der Waals surface area contributed by atoms with E-state index in [1.165, 1.54) is 18.2 Å². The number of nitrogens with one attached hydrogen (secondary N) is 2. The Kier molecular flexibility index (Phi) is 4.87. The number of carboxylic acid groups (broad SMARTS) is 1. The van der Waals surface area contributed by atoms with E-state index in [9.17, 15) is 18.0 Å². The van der Waals surface area contributed by atoms with Crippen molar-refractivity contribution in [2.75, 3.05) is 16.4 Å². The molecule has 2 aromatic rings. The van der Waals surface area contributed by atoms with E-state index < -0.39 is 17.8 Å². The molecule has 24 heavy (non-hydrogen) atoms. The first-order chi connectivity index (χ1) is 11.2. The van der Waals surface area contributed by atoms with Crippen LogP contribution in [0.3, 0.4) is 0 Å². The van der Waals surface area contributed by atoms with Crippen molar-refractivity contribution < 1.29 is 23.1 Å². The van der Waals surface area contributed by atoms with Gasteiger partial charge in [-0.25, -0.2) is 4.79 Å². The zero-order valence-electron chi connectivity index (χ0n) is 12.7. The van der Waals surface area contributed by atoms with Gasteiger partial charge in [0.05, 0.1) is 16.9 Å². The zero-order valence-corrected chi connectivity index (χ0v) is 12.7. The zero-order chi connectivity index (χ0) is 17.9. The summed E-state index contributed by atoms with van der Waals surface area (Å²) in [6.45, 7) is 1.82. The van der Waals surface area contributed by atoms with Gasteiger partial charge in [-0.3, -0.25) is 5.32 Å². The molecule has 0 saturated carbocycles. The maximum Gasteiger partial charge on any atom is 0.416 e. The lowest BCUT2D eigenvalue weighted by atomic mass is 10.1. The fourth-order valence-electron chi connectivity index (χ4n) is 2.17. The molecule has 2 aromatic carbocycles. The third kappa shape index (κ3) is 4.31. The maximum absolute atomic E-state index is 12.5. The standard InChI is InChI=1S/C16H16F3N3O2/c1-9(10-2-7-14(13(20)8-10)22-15(23)24)21-12-5-3-11(4-6-12)16(17,18)19/h2-9,21-22H,20H2,1H3,(H,23,24). The summed E-state index contributed by atoms with van der Waals surface area (Å²) >= 11 is 0. The predicted molar refractivity (Wildman–Crippen MR) is 86.0 cm³/mol. The third-order valence-corrected chi connectivity index (χ3v) is 3.41. The second-order valence-electron chi connectivity index (χ2n) is 5.22. The van der Waals surface area contributed by atoms with Crippen LogP contribution in [-0.2, 0) is 6.18 Å². The number of carbonyl (C=O) groups is 1. The molecular formula is C16H16F3N3O2. The average molecular weight is 339 g/mol. The molecule has 0 fully saturated rings. The number of hydrogen-bond acceptors (Lipinski definition) is 3. The van der Waals surface area contributed by atoms with E-state index in [0.717, 1.165) is 17.7 Å². The van der Waals surface area contributed by atoms with E-state index in [-0.39, 0.29) is 17.4 Å². The number of hydrogen-bond donors (Lipinski definition) is 4. The van der Waals surface area contributed by atoms with Crippen LogP contribution < -0.4 is 16.4 Å². The lowest BCUT2D eigenvalue weighted by molar-refractivity contribution is -0.137. The van der Waals surface area contributed by atoms with Crippen LogP contribution in [0.25, 0.3) is 0 Å². The minimum atomic E-state index is -4.37. The van der Waals surface area contributed by atoms with Crippen LogP contribution in [0.4, 0.5) is 35.0 Å². The lowest BCUT2D eigenvalue weighted by Crippen LogP contribution is -2.11. The summed E-state index contributed by atoms with van der Waals surface area (Å²) in [7, 11) is 0. The molecule has 0 aliphatic heterocycles. The Morgan fingerprint density at radius 3 is 2.29 bits per heavy atom. The molecule has 0 bridgehead atoms. The van der Waals surface area contributed by atoms with Gasteiger partial charge in [0.2, 0.25) is 0 Å². The Morgan fingerprint density at radius 1 is 1.17 bits per heavy atom. The van der Waals surface area contributed by atoms with Gasteiger partial charge < -0.3 is 16.2 Å². The van der Waals surface area contributed by atoms with Crippen molar-refractivity contribution in [3.8, 4) is 0 Å². The minimum Gasteiger partial charge on any atom is -0.465 e. The number of benzene rings is 2. The number of anilines is 3. The molecule has 0 aliphatic carbocycles. The quantitative estimate of drug-likeness (QED) is 0.615. The second kappa shape index (κ2) is 6.69. The van der Waals surface area contributed by atoms with Crippen molar-refractivity contribution in [3.05, 3.63) is 53.6 Å². The molecular weight excluding hydrogens is 323 g/mol. The van der Waals surface area contributed by atoms with E-state index in [0.29, 0.717) is 5.69 Å². The molecule has 1 unspecified atom stereocenters. The van der Waals surface area contributed by atoms with Gasteiger partial charge >= 0.3 is 12.3 Å². The monoisotopic (exact) mass is 339 g/mol. The summed E-state index contributed by atoms with van der Waals surface area (Å²) in [4.78, 5) is 10.6. The smallest absolute Gasteiger partial charge is 0.416 e. The largest absolute Gasteiger partial charge is 0.465 e. The molecule has 0 aliphatic rings. The number of alkyl halides is 3. The highest BCUT2D eigenvalue weighted by atomic mass is 19.4. The van der Waals surface area contributed by atoms with Gasteiger partial charge in [-0.1, -0.05) is 6.07 Å². The van der Waals surface area contributed by atoms with Gasteiger partial charge in [-0.2, -0.15) is 13.2 Å². The Hall–Kier alpha value is -2.90. The van der Waals surface area contributed by atoms with Crippen molar-refractivity contribution in [1.82, 2.24) is 0 Å². The van der Waals surface area contributed by atoms with Gasteiger partial charge in [0, 0.05) is 11.7 Å². The minimum absolute atomic E-state index is 0.233. The van der Waals surface area contributed by atoms with E-state index in [1.54, 1.807) is 12.1 Å². The van der Waals surface area contributed by atoms with E-state index in [2.05, 4.69) is 10.6 Å². The number of halogens is 3. The fraction of sp³-hybridized carbons (Fsp3) is 0.188. The van der Waals surface area contributed by atoms with Crippen LogP contribution in [0.15, 0.2) is 42.5 Å². The van der Waals surface area contributed by atoms with Crippen molar-refractivity contribution in [1.29, 1.82) is 0 Å². The van der Waals surface area contributed by atoms with Crippen molar-refractivity contribution in [2.24, 2.45) is 0 Å². The van der Waals surface area contributed by atoms with E-state index >= 15 is 0 Å². The van der Waals surface area contributed by atoms with E-state index in [4.69, 9.17) is 10.8 Å². The highest BCUT2D eigenvalue weighted by molar-refractivity contribution is 5.87. The fourth-order valence-corrected chi connectivity index (χ4v) is 2.17. The molecule has 8 heteroatoms. The van der Waals surface area contributed by atoms with Crippen LogP contribution in [0, 0.1) is 0 Å². The highest BCUT2D eigenvalue weighted by Gasteiger charge is 2.29. The third-order valence-electron chi connectivity index (χ3n) is 3.41. The summed E-state index contributed by atoms with van der Waals surface area (Å²) < 4.78 is 37.6. The Bertz CT molecular complexity index is 730. The number of rotatable bonds is 4. The van der Waals surface area contributed by atoms with Crippen LogP contribution in [-0.4, -0.2) is 11.2 Å². The first kappa shape index (κ1) is 17.5. The van der Waals surface area contributed by atoms with Crippen molar-refractivity contribution in [3.63, 3.8) is 0 Å². The summed E-state index contributed by atoms with van der Waals surface area (Å²) in [5, 5.41) is 13.9. The first-order valence-electron chi connectivity index (χ1n) is 7.00. The van der Waals surface area contributed by atoms with Gasteiger partial charge in [0.25, 0.3) is 0 Å². The topological polar surface area (TPSA) is 87.4 Å². The number of nitrogens with two attached hydrogens (primary N) is 1. The molecule has 0 radical (unpaired) electrons. The molecule has 0 spiro atoms. The SMILES string of the molecule is CC(Nc1ccc(C(F)(F)F)cc1)c1ccc(NC(=O)O)c(N)c1.